The first-order valence-corrected chi connectivity index (χ1v) is 16.6. The Labute approximate surface area is 276 Å². The number of nitriles is 1. The average Bonchev–Trinajstić information content (AvgIpc) is 3.56. The first kappa shape index (κ1) is 25.8. The predicted octanol–water partition coefficient (Wildman–Crippen LogP) is 11.3. The van der Waals surface area contributed by atoms with Crippen LogP contribution in [0.2, 0.25) is 0 Å². The van der Waals surface area contributed by atoms with Gasteiger partial charge in [0.05, 0.1) is 39.4 Å². The molecule has 2 unspecified atom stereocenters. The zero-order chi connectivity index (χ0) is 31.5. The zero-order valence-corrected chi connectivity index (χ0v) is 25.9. The van der Waals surface area contributed by atoms with Crippen LogP contribution in [0.15, 0.2) is 138 Å². The molecule has 0 amide bonds. The highest BCUT2D eigenvalue weighted by Gasteiger charge is 2.43. The van der Waals surface area contributed by atoms with Gasteiger partial charge in [-0.05, 0) is 84.5 Å². The molecule has 48 heavy (non-hydrogen) atoms. The zero-order valence-electron chi connectivity index (χ0n) is 25.9. The third kappa shape index (κ3) is 3.43. The quantitative estimate of drug-likeness (QED) is 0.199. The summed E-state index contributed by atoms with van der Waals surface area (Å²) in [7, 11) is 0. The van der Waals surface area contributed by atoms with Gasteiger partial charge >= 0.3 is 0 Å². The molecule has 0 radical (unpaired) electrons. The second-order valence-electron chi connectivity index (χ2n) is 13.2. The van der Waals surface area contributed by atoms with Crippen LogP contribution >= 0.6 is 0 Å². The molecule has 3 heterocycles. The van der Waals surface area contributed by atoms with Crippen molar-refractivity contribution in [1.82, 2.24) is 9.13 Å². The van der Waals surface area contributed by atoms with E-state index in [1.165, 1.54) is 44.4 Å². The maximum atomic E-state index is 10.3. The van der Waals surface area contributed by atoms with E-state index in [4.69, 9.17) is 4.42 Å². The largest absolute Gasteiger partial charge is 0.456 e. The number of nitrogens with zero attached hydrogens (tertiary/aromatic N) is 3. The van der Waals surface area contributed by atoms with E-state index in [0.29, 0.717) is 17.4 Å². The molecule has 0 aliphatic heterocycles. The molecule has 6 aromatic carbocycles. The maximum Gasteiger partial charge on any atom is 0.137 e. The van der Waals surface area contributed by atoms with E-state index < -0.39 is 0 Å². The minimum atomic E-state index is 0.514. The molecule has 2 aliphatic rings. The molecule has 4 heteroatoms. The highest BCUT2D eigenvalue weighted by Crippen LogP contribution is 2.57. The van der Waals surface area contributed by atoms with Crippen molar-refractivity contribution in [3.63, 3.8) is 0 Å². The van der Waals surface area contributed by atoms with Gasteiger partial charge in [-0.15, -0.1) is 0 Å². The van der Waals surface area contributed by atoms with E-state index in [-0.39, 0.29) is 0 Å². The van der Waals surface area contributed by atoms with Gasteiger partial charge in [-0.1, -0.05) is 78.9 Å². The van der Waals surface area contributed by atoms with Gasteiger partial charge in [0.2, 0.25) is 0 Å². The lowest BCUT2D eigenvalue weighted by Gasteiger charge is -2.17. The summed E-state index contributed by atoms with van der Waals surface area (Å²) < 4.78 is 11.2. The normalized spacial score (nSPS) is 16.6. The summed E-state index contributed by atoms with van der Waals surface area (Å²) in [6.07, 6.45) is 5.67. The van der Waals surface area contributed by atoms with Gasteiger partial charge < -0.3 is 13.6 Å². The smallest absolute Gasteiger partial charge is 0.137 e. The molecular formula is C44H27N3O. The lowest BCUT2D eigenvalue weighted by atomic mass is 9.98. The molecule has 2 atom stereocenters. The number of rotatable bonds is 3. The van der Waals surface area contributed by atoms with Crippen LogP contribution in [-0.4, -0.2) is 9.13 Å². The number of hydrogen-bond acceptors (Lipinski definition) is 2. The summed E-state index contributed by atoms with van der Waals surface area (Å²) in [5, 5.41) is 16.4. The van der Waals surface area contributed by atoms with Crippen molar-refractivity contribution >= 4 is 60.7 Å². The van der Waals surface area contributed by atoms with E-state index in [1.807, 2.05) is 12.1 Å². The van der Waals surface area contributed by atoms with Gasteiger partial charge in [0.15, 0.2) is 0 Å². The fraction of sp³-hybridized carbons (Fsp3) is 0.0682. The first-order chi connectivity index (χ1) is 23.8. The van der Waals surface area contributed by atoms with Crippen molar-refractivity contribution in [3.05, 3.63) is 150 Å². The molecule has 9 aromatic rings. The number of furan rings is 1. The standard InChI is InChI=1S/C44H27N3O/c45-25-26-21-28(23-29(22-26)46-37-14-6-2-10-31(37)32-11-3-7-15-38(32)46)30-9-1-5-13-36(30)47-39-16-8-4-12-33(39)34-18-20-41-43(44(34)47)42-35-24-27(35)17-19-40(42)48-41/h1-23,27,35H,24H2. The summed E-state index contributed by atoms with van der Waals surface area (Å²) in [6.45, 7) is 0. The Morgan fingerprint density at radius 1 is 0.667 bits per heavy atom. The lowest BCUT2D eigenvalue weighted by Crippen LogP contribution is -2.00. The SMILES string of the molecule is N#Cc1cc(-c2ccccc2-n2c3ccccc3c3ccc4oc5c(c4c32)C2CC2C=C5)cc(-n2c3ccccc3c3ccccc32)c1. The van der Waals surface area contributed by atoms with E-state index in [9.17, 15) is 5.26 Å². The van der Waals surface area contributed by atoms with Crippen LogP contribution < -0.4 is 0 Å². The van der Waals surface area contributed by atoms with Crippen molar-refractivity contribution < 1.29 is 4.42 Å². The third-order valence-electron chi connectivity index (χ3n) is 10.6. The second kappa shape index (κ2) is 9.37. The predicted molar refractivity (Wildman–Crippen MR) is 195 cm³/mol. The van der Waals surface area contributed by atoms with Crippen molar-refractivity contribution in [1.29, 1.82) is 5.26 Å². The molecule has 224 valence electrons. The van der Waals surface area contributed by atoms with Crippen LogP contribution in [0.25, 0.3) is 83.2 Å². The molecule has 1 saturated carbocycles. The van der Waals surface area contributed by atoms with Crippen LogP contribution in [0.3, 0.4) is 0 Å². The van der Waals surface area contributed by atoms with Gasteiger partial charge in [-0.2, -0.15) is 5.26 Å². The summed E-state index contributed by atoms with van der Waals surface area (Å²) >= 11 is 0. The Morgan fingerprint density at radius 2 is 1.33 bits per heavy atom. The third-order valence-corrected chi connectivity index (χ3v) is 10.6. The van der Waals surface area contributed by atoms with Crippen LogP contribution in [0.1, 0.15) is 29.2 Å². The fourth-order valence-corrected chi connectivity index (χ4v) is 8.47. The van der Waals surface area contributed by atoms with Crippen LogP contribution in [0, 0.1) is 17.2 Å². The van der Waals surface area contributed by atoms with Crippen molar-refractivity contribution in [2.45, 2.75) is 12.3 Å². The lowest BCUT2D eigenvalue weighted by molar-refractivity contribution is 0.596. The number of aromatic nitrogens is 2. The molecule has 11 rings (SSSR count). The monoisotopic (exact) mass is 613 g/mol. The number of fused-ring (bicyclic) bond motifs is 12. The van der Waals surface area contributed by atoms with Crippen molar-refractivity contribution in [3.8, 4) is 28.6 Å². The van der Waals surface area contributed by atoms with Crippen LogP contribution in [0.4, 0.5) is 0 Å². The van der Waals surface area contributed by atoms with E-state index in [2.05, 4.69) is 143 Å². The molecule has 0 saturated heterocycles. The van der Waals surface area contributed by atoms with E-state index in [0.717, 1.165) is 50.4 Å². The summed E-state index contributed by atoms with van der Waals surface area (Å²) in [5.41, 5.74) is 11.6. The number of para-hydroxylation sites is 4. The minimum absolute atomic E-state index is 0.514. The highest BCUT2D eigenvalue weighted by atomic mass is 16.3. The minimum Gasteiger partial charge on any atom is -0.456 e. The number of allylic oxidation sites excluding steroid dienone is 1. The topological polar surface area (TPSA) is 46.8 Å². The second-order valence-corrected chi connectivity index (χ2v) is 13.2. The Balaban J connectivity index is 1.22. The Morgan fingerprint density at radius 3 is 2.08 bits per heavy atom. The molecule has 2 aliphatic carbocycles. The Hall–Kier alpha value is -6.31. The summed E-state index contributed by atoms with van der Waals surface area (Å²) in [5.74, 6) is 2.12. The van der Waals surface area contributed by atoms with Crippen LogP contribution in [-0.2, 0) is 0 Å². The molecule has 1 fully saturated rings. The van der Waals surface area contributed by atoms with Crippen molar-refractivity contribution in [2.24, 2.45) is 5.92 Å². The van der Waals surface area contributed by atoms with Gasteiger partial charge in [0.1, 0.15) is 11.3 Å². The Bertz CT molecular complexity index is 2850. The average molecular weight is 614 g/mol. The molecule has 0 bridgehead atoms. The van der Waals surface area contributed by atoms with Gasteiger partial charge in [-0.25, -0.2) is 0 Å². The van der Waals surface area contributed by atoms with Crippen molar-refractivity contribution in [2.75, 3.05) is 0 Å². The van der Waals surface area contributed by atoms with Gasteiger partial charge in [0, 0.05) is 43.7 Å². The summed E-state index contributed by atoms with van der Waals surface area (Å²) in [4.78, 5) is 0. The van der Waals surface area contributed by atoms with Gasteiger partial charge in [-0.3, -0.25) is 0 Å². The van der Waals surface area contributed by atoms with Crippen LogP contribution in [0.5, 0.6) is 0 Å². The Kier molecular flexibility index (Phi) is 5.05. The fourth-order valence-electron chi connectivity index (χ4n) is 8.47. The molecule has 0 spiro atoms. The molecule has 4 nitrogen and oxygen atoms in total. The first-order valence-electron chi connectivity index (χ1n) is 16.6. The molecule has 3 aromatic heterocycles. The number of hydrogen-bond donors (Lipinski definition) is 0. The van der Waals surface area contributed by atoms with E-state index >= 15 is 0 Å². The highest BCUT2D eigenvalue weighted by molar-refractivity contribution is 6.19. The molecule has 0 N–H and O–H groups in total. The van der Waals surface area contributed by atoms with E-state index in [1.54, 1.807) is 0 Å². The maximum absolute atomic E-state index is 10.3. The summed E-state index contributed by atoms with van der Waals surface area (Å²) in [6, 6.07) is 47.5. The van der Waals surface area contributed by atoms with Gasteiger partial charge in [0.25, 0.3) is 0 Å². The molecular weight excluding hydrogens is 587 g/mol. The number of benzene rings is 6.